The Bertz CT molecular complexity index is 393. The van der Waals surface area contributed by atoms with Crippen LogP contribution in [0.4, 0.5) is 0 Å². The third-order valence-corrected chi connectivity index (χ3v) is 5.28. The van der Waals surface area contributed by atoms with Crippen LogP contribution in [0.25, 0.3) is 0 Å². The van der Waals surface area contributed by atoms with Crippen LogP contribution in [-0.2, 0) is 11.3 Å². The molecule has 0 saturated carbocycles. The summed E-state index contributed by atoms with van der Waals surface area (Å²) in [5.41, 5.74) is 7.51. The largest absolute Gasteiger partial charge is 0.383 e. The first kappa shape index (κ1) is 15.4. The fraction of sp³-hybridized carbons (Fsp3) is 0.769. The van der Waals surface area contributed by atoms with Crippen molar-refractivity contribution in [1.82, 2.24) is 9.78 Å². The Balaban J connectivity index is 2.00. The molecule has 19 heavy (non-hydrogen) atoms. The number of thioether (sulfide) groups is 1. The Labute approximate surface area is 127 Å². The number of rotatable bonds is 6. The lowest BCUT2D eigenvalue weighted by Crippen LogP contribution is -2.22. The molecule has 0 aliphatic carbocycles. The van der Waals surface area contributed by atoms with Crippen LogP contribution in [0.3, 0.4) is 0 Å². The minimum atomic E-state index is 0.0573. The summed E-state index contributed by atoms with van der Waals surface area (Å²) in [7, 11) is 1.71. The highest BCUT2D eigenvalue weighted by molar-refractivity contribution is 9.10. The molecule has 2 heterocycles. The van der Waals surface area contributed by atoms with Crippen LogP contribution in [-0.4, -0.2) is 35.0 Å². The summed E-state index contributed by atoms with van der Waals surface area (Å²) in [6.07, 6.45) is 5.48. The lowest BCUT2D eigenvalue weighted by Gasteiger charge is -2.25. The van der Waals surface area contributed by atoms with Crippen LogP contribution in [0.2, 0.25) is 0 Å². The molecule has 4 nitrogen and oxygen atoms in total. The van der Waals surface area contributed by atoms with Gasteiger partial charge in [0, 0.05) is 13.2 Å². The van der Waals surface area contributed by atoms with E-state index in [4.69, 9.17) is 10.5 Å². The van der Waals surface area contributed by atoms with E-state index in [0.717, 1.165) is 29.1 Å². The van der Waals surface area contributed by atoms with Gasteiger partial charge in [0.1, 0.15) is 0 Å². The van der Waals surface area contributed by atoms with E-state index in [1.165, 1.54) is 24.3 Å². The standard InChI is InChI=1S/C13H22BrN3OS/c1-18-5-4-17-13(11(14)9-16-17)12(15)8-10-2-6-19-7-3-10/h9-10,12H,2-8,15H2,1H3. The lowest BCUT2D eigenvalue weighted by molar-refractivity contribution is 0.181. The van der Waals surface area contributed by atoms with E-state index in [-0.39, 0.29) is 6.04 Å². The predicted octanol–water partition coefficient (Wildman–Crippen LogP) is 2.83. The Hall–Kier alpha value is -0.0400. The van der Waals surface area contributed by atoms with E-state index in [1.807, 2.05) is 10.9 Å². The molecule has 0 spiro atoms. The molecular weight excluding hydrogens is 326 g/mol. The van der Waals surface area contributed by atoms with E-state index >= 15 is 0 Å². The van der Waals surface area contributed by atoms with E-state index < -0.39 is 0 Å². The summed E-state index contributed by atoms with van der Waals surface area (Å²) < 4.78 is 8.10. The van der Waals surface area contributed by atoms with Crippen LogP contribution in [0.5, 0.6) is 0 Å². The molecule has 2 rings (SSSR count). The van der Waals surface area contributed by atoms with Crippen molar-refractivity contribution in [1.29, 1.82) is 0 Å². The molecule has 0 radical (unpaired) electrons. The van der Waals surface area contributed by atoms with Gasteiger partial charge >= 0.3 is 0 Å². The summed E-state index contributed by atoms with van der Waals surface area (Å²) in [4.78, 5) is 0. The zero-order chi connectivity index (χ0) is 13.7. The maximum absolute atomic E-state index is 6.41. The zero-order valence-electron chi connectivity index (χ0n) is 11.3. The molecule has 108 valence electrons. The summed E-state index contributed by atoms with van der Waals surface area (Å²) >= 11 is 5.62. The van der Waals surface area contributed by atoms with Crippen molar-refractivity contribution < 1.29 is 4.74 Å². The fourth-order valence-electron chi connectivity index (χ4n) is 2.55. The van der Waals surface area contributed by atoms with Gasteiger partial charge in [0.15, 0.2) is 0 Å². The van der Waals surface area contributed by atoms with Crippen LogP contribution in [0.15, 0.2) is 10.7 Å². The van der Waals surface area contributed by atoms with Gasteiger partial charge in [-0.25, -0.2) is 0 Å². The fourth-order valence-corrected chi connectivity index (χ4v) is 4.34. The molecule has 6 heteroatoms. The smallest absolute Gasteiger partial charge is 0.0694 e. The van der Waals surface area contributed by atoms with Gasteiger partial charge in [-0.3, -0.25) is 4.68 Å². The first-order valence-corrected chi connectivity index (χ1v) is 8.70. The number of nitrogens with zero attached hydrogens (tertiary/aromatic N) is 2. The molecule has 1 aromatic rings. The molecule has 0 bridgehead atoms. The monoisotopic (exact) mass is 347 g/mol. The summed E-state index contributed by atoms with van der Waals surface area (Å²) in [6.45, 7) is 1.42. The third kappa shape index (κ3) is 4.21. The maximum atomic E-state index is 6.41. The van der Waals surface area contributed by atoms with E-state index in [0.29, 0.717) is 6.61 Å². The number of halogens is 1. The molecule has 1 fully saturated rings. The van der Waals surface area contributed by atoms with Gasteiger partial charge in [0.2, 0.25) is 0 Å². The Morgan fingerprint density at radius 3 is 3.00 bits per heavy atom. The van der Waals surface area contributed by atoms with E-state index in [9.17, 15) is 0 Å². The Morgan fingerprint density at radius 2 is 2.32 bits per heavy atom. The molecule has 1 aliphatic rings. The molecule has 2 N–H and O–H groups in total. The number of ether oxygens (including phenoxy) is 1. The van der Waals surface area contributed by atoms with Crippen molar-refractivity contribution >= 4 is 27.7 Å². The minimum absolute atomic E-state index is 0.0573. The molecule has 1 unspecified atom stereocenters. The number of hydrogen-bond acceptors (Lipinski definition) is 4. The molecule has 0 amide bonds. The number of nitrogens with two attached hydrogens (primary N) is 1. The van der Waals surface area contributed by atoms with Gasteiger partial charge in [-0.05, 0) is 52.6 Å². The summed E-state index contributed by atoms with van der Waals surface area (Å²) in [5.74, 6) is 3.32. The van der Waals surface area contributed by atoms with Crippen molar-refractivity contribution in [2.24, 2.45) is 11.7 Å². The van der Waals surface area contributed by atoms with E-state index in [2.05, 4.69) is 32.8 Å². The highest BCUT2D eigenvalue weighted by Crippen LogP contribution is 2.32. The highest BCUT2D eigenvalue weighted by Gasteiger charge is 2.22. The van der Waals surface area contributed by atoms with Gasteiger partial charge in [-0.2, -0.15) is 16.9 Å². The van der Waals surface area contributed by atoms with Crippen molar-refractivity contribution in [3.8, 4) is 0 Å². The molecular formula is C13H22BrN3OS. The second-order valence-electron chi connectivity index (χ2n) is 4.99. The van der Waals surface area contributed by atoms with Gasteiger partial charge in [-0.1, -0.05) is 0 Å². The van der Waals surface area contributed by atoms with Gasteiger partial charge in [0.25, 0.3) is 0 Å². The maximum Gasteiger partial charge on any atom is 0.0694 e. The Morgan fingerprint density at radius 1 is 1.58 bits per heavy atom. The van der Waals surface area contributed by atoms with Gasteiger partial charge < -0.3 is 10.5 Å². The first-order chi connectivity index (χ1) is 9.22. The summed E-state index contributed by atoms with van der Waals surface area (Å²) in [6, 6.07) is 0.0573. The van der Waals surface area contributed by atoms with Crippen LogP contribution >= 0.6 is 27.7 Å². The Kier molecular flexibility index (Phi) is 6.19. The average Bonchev–Trinajstić information content (AvgIpc) is 2.78. The van der Waals surface area contributed by atoms with Crippen molar-refractivity contribution in [3.05, 3.63) is 16.4 Å². The first-order valence-electron chi connectivity index (χ1n) is 6.75. The molecule has 0 aromatic carbocycles. The lowest BCUT2D eigenvalue weighted by atomic mass is 9.93. The normalized spacial score (nSPS) is 18.7. The molecule has 1 aromatic heterocycles. The number of aromatic nitrogens is 2. The van der Waals surface area contributed by atoms with Crippen molar-refractivity contribution in [2.45, 2.75) is 31.8 Å². The highest BCUT2D eigenvalue weighted by atomic mass is 79.9. The minimum Gasteiger partial charge on any atom is -0.383 e. The second-order valence-corrected chi connectivity index (χ2v) is 7.07. The molecule has 1 saturated heterocycles. The molecule has 1 aliphatic heterocycles. The second kappa shape index (κ2) is 7.67. The van der Waals surface area contributed by atoms with Crippen LogP contribution in [0, 0.1) is 5.92 Å². The van der Waals surface area contributed by atoms with Crippen LogP contribution in [0.1, 0.15) is 31.0 Å². The van der Waals surface area contributed by atoms with Gasteiger partial charge in [-0.15, -0.1) is 0 Å². The van der Waals surface area contributed by atoms with Crippen molar-refractivity contribution in [2.75, 3.05) is 25.2 Å². The SMILES string of the molecule is COCCn1ncc(Br)c1C(N)CC1CCSCC1. The quantitative estimate of drug-likeness (QED) is 0.859. The molecule has 1 atom stereocenters. The third-order valence-electron chi connectivity index (χ3n) is 3.62. The average molecular weight is 348 g/mol. The number of methoxy groups -OCH3 is 1. The zero-order valence-corrected chi connectivity index (χ0v) is 13.8. The van der Waals surface area contributed by atoms with Crippen LogP contribution < -0.4 is 5.73 Å². The summed E-state index contributed by atoms with van der Waals surface area (Å²) in [5, 5.41) is 4.37. The number of hydrogen-bond donors (Lipinski definition) is 1. The topological polar surface area (TPSA) is 53.1 Å². The predicted molar refractivity (Wildman–Crippen MR) is 83.4 cm³/mol. The van der Waals surface area contributed by atoms with Gasteiger partial charge in [0.05, 0.1) is 29.5 Å². The van der Waals surface area contributed by atoms with E-state index in [1.54, 1.807) is 7.11 Å². The van der Waals surface area contributed by atoms with Crippen molar-refractivity contribution in [3.63, 3.8) is 0 Å².